The second kappa shape index (κ2) is 5.52. The van der Waals surface area contributed by atoms with Crippen LogP contribution in [0.3, 0.4) is 0 Å². The van der Waals surface area contributed by atoms with Gasteiger partial charge in [0.1, 0.15) is 5.82 Å². The monoisotopic (exact) mass is 265 g/mol. The number of nitrogens with zero attached hydrogens (tertiary/aromatic N) is 2. The van der Waals surface area contributed by atoms with Gasteiger partial charge in [0, 0.05) is 6.54 Å². The molecule has 0 aliphatic heterocycles. The third-order valence-electron chi connectivity index (χ3n) is 1.74. The van der Waals surface area contributed by atoms with Crippen LogP contribution in [-0.4, -0.2) is 29.2 Å². The molecule has 6 nitrogen and oxygen atoms in total. The minimum atomic E-state index is -4.52. The predicted molar refractivity (Wildman–Crippen MR) is 56.6 cm³/mol. The van der Waals surface area contributed by atoms with E-state index in [1.807, 2.05) is 0 Å². The first-order chi connectivity index (χ1) is 8.31. The van der Waals surface area contributed by atoms with Crippen LogP contribution in [0.4, 0.5) is 24.7 Å². The van der Waals surface area contributed by atoms with Crippen molar-refractivity contribution in [1.82, 2.24) is 4.98 Å². The van der Waals surface area contributed by atoms with E-state index < -0.39 is 29.3 Å². The van der Waals surface area contributed by atoms with Crippen LogP contribution >= 0.6 is 0 Å². The molecule has 18 heavy (non-hydrogen) atoms. The van der Waals surface area contributed by atoms with Crippen molar-refractivity contribution < 1.29 is 22.8 Å². The smallest absolute Gasteiger partial charge is 0.422 e. The summed E-state index contributed by atoms with van der Waals surface area (Å²) in [7, 11) is 0. The molecule has 0 aromatic carbocycles. The number of nitrogens with one attached hydrogen (secondary N) is 1. The molecule has 0 spiro atoms. The van der Waals surface area contributed by atoms with Crippen molar-refractivity contribution >= 4 is 11.5 Å². The van der Waals surface area contributed by atoms with Gasteiger partial charge in [0.15, 0.2) is 6.61 Å². The predicted octanol–water partition coefficient (Wildman–Crippen LogP) is 2.36. The standard InChI is InChI=1S/C9H10F3N3O3/c1-2-13-7-3-6(15(16)17)4-8(14-7)18-5-9(10,11)12/h3-4H,2,5H2,1H3,(H,13,14). The number of ether oxygens (including phenoxy) is 1. The van der Waals surface area contributed by atoms with E-state index in [1.165, 1.54) is 0 Å². The molecule has 0 aliphatic rings. The Labute approximate surface area is 99.9 Å². The lowest BCUT2D eigenvalue weighted by atomic mass is 10.4. The Hall–Kier alpha value is -2.06. The van der Waals surface area contributed by atoms with E-state index in [4.69, 9.17) is 0 Å². The van der Waals surface area contributed by atoms with Crippen LogP contribution < -0.4 is 10.1 Å². The fourth-order valence-electron chi connectivity index (χ4n) is 1.10. The van der Waals surface area contributed by atoms with Crippen molar-refractivity contribution in [3.8, 4) is 5.88 Å². The van der Waals surface area contributed by atoms with Crippen LogP contribution in [0.2, 0.25) is 0 Å². The first kappa shape index (κ1) is 14.0. The molecule has 0 bridgehead atoms. The van der Waals surface area contributed by atoms with E-state index in [-0.39, 0.29) is 5.82 Å². The normalized spacial score (nSPS) is 11.1. The van der Waals surface area contributed by atoms with Crippen molar-refractivity contribution in [2.45, 2.75) is 13.1 Å². The van der Waals surface area contributed by atoms with Crippen molar-refractivity contribution in [2.75, 3.05) is 18.5 Å². The highest BCUT2D eigenvalue weighted by molar-refractivity contribution is 5.48. The highest BCUT2D eigenvalue weighted by Gasteiger charge is 2.29. The number of rotatable bonds is 5. The van der Waals surface area contributed by atoms with Gasteiger partial charge in [-0.1, -0.05) is 0 Å². The topological polar surface area (TPSA) is 77.3 Å². The Bertz CT molecular complexity index is 437. The number of alkyl halides is 3. The second-order valence-corrected chi connectivity index (χ2v) is 3.24. The number of hydrogen-bond acceptors (Lipinski definition) is 5. The Balaban J connectivity index is 2.92. The van der Waals surface area contributed by atoms with Crippen LogP contribution in [0, 0.1) is 10.1 Å². The van der Waals surface area contributed by atoms with Crippen LogP contribution in [0.15, 0.2) is 12.1 Å². The number of nitro groups is 1. The number of aromatic nitrogens is 1. The maximum Gasteiger partial charge on any atom is 0.422 e. The summed E-state index contributed by atoms with van der Waals surface area (Å²) in [5, 5.41) is 13.2. The molecule has 0 atom stereocenters. The summed E-state index contributed by atoms with van der Waals surface area (Å²) in [4.78, 5) is 13.5. The summed E-state index contributed by atoms with van der Waals surface area (Å²) >= 11 is 0. The summed E-state index contributed by atoms with van der Waals surface area (Å²) in [6.07, 6.45) is -4.52. The molecule has 1 heterocycles. The van der Waals surface area contributed by atoms with E-state index in [2.05, 4.69) is 15.0 Å². The first-order valence-electron chi connectivity index (χ1n) is 4.91. The Morgan fingerprint density at radius 2 is 2.17 bits per heavy atom. The van der Waals surface area contributed by atoms with E-state index in [0.29, 0.717) is 6.54 Å². The van der Waals surface area contributed by atoms with E-state index in [1.54, 1.807) is 6.92 Å². The molecule has 0 fully saturated rings. The van der Waals surface area contributed by atoms with Gasteiger partial charge in [-0.2, -0.15) is 18.2 Å². The zero-order valence-corrected chi connectivity index (χ0v) is 9.32. The average Bonchev–Trinajstić information content (AvgIpc) is 2.25. The fraction of sp³-hybridized carbons (Fsp3) is 0.444. The van der Waals surface area contributed by atoms with Gasteiger partial charge in [0.2, 0.25) is 5.88 Å². The van der Waals surface area contributed by atoms with Gasteiger partial charge in [-0.15, -0.1) is 0 Å². The summed E-state index contributed by atoms with van der Waals surface area (Å²) in [5.74, 6) is -0.360. The second-order valence-electron chi connectivity index (χ2n) is 3.24. The summed E-state index contributed by atoms with van der Waals surface area (Å²) < 4.78 is 40.2. The van der Waals surface area contributed by atoms with Gasteiger partial charge in [-0.25, -0.2) is 0 Å². The van der Waals surface area contributed by atoms with Crippen LogP contribution in [-0.2, 0) is 0 Å². The SMILES string of the molecule is CCNc1cc([N+](=O)[O-])cc(OCC(F)(F)F)n1. The quantitative estimate of drug-likeness (QED) is 0.653. The molecule has 100 valence electrons. The molecule has 9 heteroatoms. The highest BCUT2D eigenvalue weighted by Crippen LogP contribution is 2.24. The summed E-state index contributed by atoms with van der Waals surface area (Å²) in [6.45, 7) is 0.594. The largest absolute Gasteiger partial charge is 0.468 e. The van der Waals surface area contributed by atoms with Gasteiger partial charge in [0.05, 0.1) is 17.1 Å². The Morgan fingerprint density at radius 1 is 1.50 bits per heavy atom. The van der Waals surface area contributed by atoms with Crippen LogP contribution in [0.1, 0.15) is 6.92 Å². The maximum absolute atomic E-state index is 11.9. The lowest BCUT2D eigenvalue weighted by molar-refractivity contribution is -0.385. The Kier molecular flexibility index (Phi) is 4.29. The van der Waals surface area contributed by atoms with Gasteiger partial charge >= 0.3 is 6.18 Å². The number of halogens is 3. The van der Waals surface area contributed by atoms with Gasteiger partial charge in [-0.3, -0.25) is 10.1 Å². The van der Waals surface area contributed by atoms with Gasteiger partial charge in [0.25, 0.3) is 5.69 Å². The molecule has 1 aromatic rings. The van der Waals surface area contributed by atoms with Crippen LogP contribution in [0.5, 0.6) is 5.88 Å². The average molecular weight is 265 g/mol. The lowest BCUT2D eigenvalue weighted by Crippen LogP contribution is -2.19. The molecular weight excluding hydrogens is 255 g/mol. The van der Waals surface area contributed by atoms with Gasteiger partial charge in [-0.05, 0) is 6.92 Å². The van der Waals surface area contributed by atoms with Crippen molar-refractivity contribution in [2.24, 2.45) is 0 Å². The fourth-order valence-corrected chi connectivity index (χ4v) is 1.10. The van der Waals surface area contributed by atoms with E-state index in [0.717, 1.165) is 12.1 Å². The first-order valence-corrected chi connectivity index (χ1v) is 4.91. The zero-order chi connectivity index (χ0) is 13.8. The molecule has 0 amide bonds. The number of anilines is 1. The van der Waals surface area contributed by atoms with Gasteiger partial charge < -0.3 is 10.1 Å². The molecule has 0 radical (unpaired) electrons. The number of hydrogen-bond donors (Lipinski definition) is 1. The maximum atomic E-state index is 11.9. The third kappa shape index (κ3) is 4.44. The molecular formula is C9H10F3N3O3. The van der Waals surface area contributed by atoms with Crippen molar-refractivity contribution in [3.05, 3.63) is 22.2 Å². The summed E-state index contributed by atoms with van der Waals surface area (Å²) in [6, 6.07) is 1.95. The van der Waals surface area contributed by atoms with Crippen molar-refractivity contribution in [3.63, 3.8) is 0 Å². The molecule has 0 aliphatic carbocycles. The van der Waals surface area contributed by atoms with E-state index >= 15 is 0 Å². The minimum absolute atomic E-state index is 0.0869. The molecule has 1 N–H and O–H groups in total. The summed E-state index contributed by atoms with van der Waals surface area (Å²) in [5.41, 5.74) is -0.391. The van der Waals surface area contributed by atoms with Crippen LogP contribution in [0.25, 0.3) is 0 Å². The molecule has 1 rings (SSSR count). The minimum Gasteiger partial charge on any atom is -0.468 e. The molecule has 0 unspecified atom stereocenters. The molecule has 0 saturated heterocycles. The number of pyridine rings is 1. The zero-order valence-electron chi connectivity index (χ0n) is 9.32. The third-order valence-corrected chi connectivity index (χ3v) is 1.74. The highest BCUT2D eigenvalue weighted by atomic mass is 19.4. The molecule has 0 saturated carbocycles. The van der Waals surface area contributed by atoms with E-state index in [9.17, 15) is 23.3 Å². The molecule has 1 aromatic heterocycles. The van der Waals surface area contributed by atoms with Crippen molar-refractivity contribution in [1.29, 1.82) is 0 Å². The lowest BCUT2D eigenvalue weighted by Gasteiger charge is -2.09. The Morgan fingerprint density at radius 3 is 2.67 bits per heavy atom.